The molecule has 2 amide bonds. The fourth-order valence-corrected chi connectivity index (χ4v) is 5.65. The van der Waals surface area contributed by atoms with Gasteiger partial charge in [0, 0.05) is 22.1 Å². The summed E-state index contributed by atoms with van der Waals surface area (Å²) in [6.45, 7) is 10.4. The van der Waals surface area contributed by atoms with Gasteiger partial charge >= 0.3 is 0 Å². The van der Waals surface area contributed by atoms with Gasteiger partial charge in [-0.25, -0.2) is 8.42 Å². The normalized spacial score (nSPS) is 12.5. The Hall–Kier alpha value is -3.07. The molecule has 0 aromatic heterocycles. The van der Waals surface area contributed by atoms with Crippen LogP contribution in [0.4, 0.5) is 5.69 Å². The molecule has 3 aromatic carbocycles. The third-order valence-corrected chi connectivity index (χ3v) is 8.71. The Bertz CT molecular complexity index is 1470. The summed E-state index contributed by atoms with van der Waals surface area (Å²) in [5, 5.41) is 3.81. The topological polar surface area (TPSA) is 86.8 Å². The second kappa shape index (κ2) is 12.6. The number of anilines is 1. The minimum atomic E-state index is -4.17. The van der Waals surface area contributed by atoms with Crippen LogP contribution in [0.3, 0.4) is 0 Å². The summed E-state index contributed by atoms with van der Waals surface area (Å²) < 4.78 is 28.8. The largest absolute Gasteiger partial charge is 0.350 e. The molecule has 0 heterocycles. The highest BCUT2D eigenvalue weighted by Crippen LogP contribution is 2.29. The minimum absolute atomic E-state index is 0.0328. The highest BCUT2D eigenvalue weighted by Gasteiger charge is 2.33. The van der Waals surface area contributed by atoms with Crippen molar-refractivity contribution in [3.05, 3.63) is 93.5 Å². The molecule has 0 saturated heterocycles. The van der Waals surface area contributed by atoms with Crippen LogP contribution in [0.2, 0.25) is 10.0 Å². The molecule has 3 rings (SSSR count). The maximum atomic E-state index is 14.0. The number of rotatable bonds is 9. The van der Waals surface area contributed by atoms with Crippen LogP contribution in [0, 0.1) is 13.8 Å². The molecule has 214 valence electrons. The van der Waals surface area contributed by atoms with E-state index in [1.807, 2.05) is 27.7 Å². The molecule has 0 spiro atoms. The number of hydrogen-bond acceptors (Lipinski definition) is 4. The van der Waals surface area contributed by atoms with Gasteiger partial charge in [-0.05, 0) is 89.1 Å². The Morgan fingerprint density at radius 1 is 0.925 bits per heavy atom. The van der Waals surface area contributed by atoms with Gasteiger partial charge in [-0.1, -0.05) is 59.1 Å². The summed E-state index contributed by atoms with van der Waals surface area (Å²) in [6, 6.07) is 17.2. The summed E-state index contributed by atoms with van der Waals surface area (Å²) in [7, 11) is -4.17. The first kappa shape index (κ1) is 31.5. The maximum Gasteiger partial charge on any atom is 0.264 e. The highest BCUT2D eigenvalue weighted by atomic mass is 35.5. The smallest absolute Gasteiger partial charge is 0.264 e. The molecular weight excluding hydrogens is 569 g/mol. The van der Waals surface area contributed by atoms with Crippen molar-refractivity contribution in [2.75, 3.05) is 10.8 Å². The van der Waals surface area contributed by atoms with Crippen molar-refractivity contribution in [3.8, 4) is 0 Å². The molecule has 0 aliphatic rings. The molecule has 0 aliphatic carbocycles. The third kappa shape index (κ3) is 7.99. The van der Waals surface area contributed by atoms with E-state index in [9.17, 15) is 18.0 Å². The Labute approximate surface area is 247 Å². The quantitative estimate of drug-likeness (QED) is 0.318. The first-order chi connectivity index (χ1) is 18.6. The van der Waals surface area contributed by atoms with Crippen molar-refractivity contribution in [2.45, 2.75) is 64.6 Å². The monoisotopic (exact) mass is 603 g/mol. The Balaban J connectivity index is 2.06. The summed E-state index contributed by atoms with van der Waals surface area (Å²) in [6.07, 6.45) is 0. The first-order valence-corrected chi connectivity index (χ1v) is 15.0. The molecule has 1 atom stereocenters. The molecule has 0 radical (unpaired) electrons. The van der Waals surface area contributed by atoms with Gasteiger partial charge in [0.15, 0.2) is 0 Å². The van der Waals surface area contributed by atoms with Crippen molar-refractivity contribution < 1.29 is 18.0 Å². The van der Waals surface area contributed by atoms with E-state index < -0.39 is 34.1 Å². The van der Waals surface area contributed by atoms with Crippen molar-refractivity contribution in [1.82, 2.24) is 10.2 Å². The fraction of sp³-hybridized carbons (Fsp3) is 0.333. The molecule has 1 unspecified atom stereocenters. The number of aryl methyl sites for hydroxylation is 2. The third-order valence-electron chi connectivity index (χ3n) is 6.26. The number of amides is 2. The van der Waals surface area contributed by atoms with Gasteiger partial charge in [0.25, 0.3) is 10.0 Å². The van der Waals surface area contributed by atoms with E-state index in [0.717, 1.165) is 21.0 Å². The predicted octanol–water partition coefficient (Wildman–Crippen LogP) is 6.14. The molecule has 0 bridgehead atoms. The van der Waals surface area contributed by atoms with Gasteiger partial charge in [0.05, 0.1) is 10.6 Å². The van der Waals surface area contributed by atoms with Crippen LogP contribution >= 0.6 is 23.2 Å². The van der Waals surface area contributed by atoms with Crippen LogP contribution in [0.15, 0.2) is 71.6 Å². The Kier molecular flexibility index (Phi) is 9.93. The van der Waals surface area contributed by atoms with E-state index in [4.69, 9.17) is 23.2 Å². The zero-order valence-electron chi connectivity index (χ0n) is 23.5. The van der Waals surface area contributed by atoms with Gasteiger partial charge in [0.2, 0.25) is 11.8 Å². The Morgan fingerprint density at radius 3 is 2.08 bits per heavy atom. The number of carbonyl (C=O) groups is 2. The lowest BCUT2D eigenvalue weighted by Gasteiger charge is -2.33. The average molecular weight is 605 g/mol. The number of nitrogens with one attached hydrogen (secondary N) is 1. The lowest BCUT2D eigenvalue weighted by molar-refractivity contribution is -0.140. The number of halogens is 2. The molecule has 0 aliphatic heterocycles. The van der Waals surface area contributed by atoms with Gasteiger partial charge in [-0.2, -0.15) is 0 Å². The number of benzene rings is 3. The van der Waals surface area contributed by atoms with Crippen LogP contribution < -0.4 is 9.62 Å². The van der Waals surface area contributed by atoms with E-state index in [1.54, 1.807) is 62.4 Å². The van der Waals surface area contributed by atoms with Gasteiger partial charge < -0.3 is 10.2 Å². The minimum Gasteiger partial charge on any atom is -0.350 e. The molecule has 3 aromatic rings. The molecule has 1 N–H and O–H groups in total. The van der Waals surface area contributed by atoms with Crippen molar-refractivity contribution in [1.29, 1.82) is 0 Å². The summed E-state index contributed by atoms with van der Waals surface area (Å²) >= 11 is 12.4. The lowest BCUT2D eigenvalue weighted by atomic mass is 10.1. The van der Waals surface area contributed by atoms with E-state index in [0.29, 0.717) is 10.0 Å². The van der Waals surface area contributed by atoms with E-state index >= 15 is 0 Å². The zero-order chi connectivity index (χ0) is 29.8. The molecule has 0 saturated carbocycles. The SMILES string of the molecule is Cc1ccc(S(=O)(=O)N(CC(=O)N(Cc2ccc(Cl)cc2)C(C)C(=O)NC(C)(C)C)c2ccc(C)c(Cl)c2)cc1. The number of sulfonamides is 1. The fourth-order valence-electron chi connectivity index (χ4n) is 3.95. The Morgan fingerprint density at radius 2 is 1.52 bits per heavy atom. The summed E-state index contributed by atoms with van der Waals surface area (Å²) in [5.74, 6) is -0.917. The number of nitrogens with zero attached hydrogens (tertiary/aromatic N) is 2. The van der Waals surface area contributed by atoms with Crippen LogP contribution in [-0.2, 0) is 26.2 Å². The van der Waals surface area contributed by atoms with Crippen LogP contribution in [0.5, 0.6) is 0 Å². The summed E-state index contributed by atoms with van der Waals surface area (Å²) in [4.78, 5) is 28.5. The summed E-state index contributed by atoms with van der Waals surface area (Å²) in [5.41, 5.74) is 2.11. The predicted molar refractivity (Wildman–Crippen MR) is 161 cm³/mol. The van der Waals surface area contributed by atoms with Crippen molar-refractivity contribution in [2.24, 2.45) is 0 Å². The molecular formula is C30H35Cl2N3O4S. The van der Waals surface area contributed by atoms with Crippen molar-refractivity contribution >= 4 is 50.7 Å². The van der Waals surface area contributed by atoms with Gasteiger partial charge in [-0.15, -0.1) is 0 Å². The van der Waals surface area contributed by atoms with E-state index in [-0.39, 0.29) is 23.0 Å². The molecule has 40 heavy (non-hydrogen) atoms. The highest BCUT2D eigenvalue weighted by molar-refractivity contribution is 7.92. The zero-order valence-corrected chi connectivity index (χ0v) is 25.9. The molecule has 10 heteroatoms. The molecule has 7 nitrogen and oxygen atoms in total. The van der Waals surface area contributed by atoms with Gasteiger partial charge in [-0.3, -0.25) is 13.9 Å². The van der Waals surface area contributed by atoms with Crippen LogP contribution in [-0.4, -0.2) is 43.3 Å². The second-order valence-electron chi connectivity index (χ2n) is 10.8. The maximum absolute atomic E-state index is 14.0. The van der Waals surface area contributed by atoms with E-state index in [1.165, 1.54) is 23.1 Å². The number of carbonyl (C=O) groups excluding carboxylic acids is 2. The average Bonchev–Trinajstić information content (AvgIpc) is 2.87. The van der Waals surface area contributed by atoms with Crippen LogP contribution in [0.1, 0.15) is 44.4 Å². The van der Waals surface area contributed by atoms with Gasteiger partial charge in [0.1, 0.15) is 12.6 Å². The first-order valence-electron chi connectivity index (χ1n) is 12.8. The molecule has 0 fully saturated rings. The van der Waals surface area contributed by atoms with Crippen molar-refractivity contribution in [3.63, 3.8) is 0 Å². The van der Waals surface area contributed by atoms with E-state index in [2.05, 4.69) is 5.32 Å². The van der Waals surface area contributed by atoms with Crippen LogP contribution in [0.25, 0.3) is 0 Å². The standard InChI is InChI=1S/C30H35Cl2N3O4S/c1-20-7-15-26(16-8-20)40(38,39)35(25-14-9-21(2)27(32)17-25)19-28(36)34(18-23-10-12-24(31)13-11-23)22(3)29(37)33-30(4,5)6/h7-17,22H,18-19H2,1-6H3,(H,33,37). The number of hydrogen-bond donors (Lipinski definition) is 1. The second-order valence-corrected chi connectivity index (χ2v) is 13.5. The lowest BCUT2D eigenvalue weighted by Crippen LogP contribution is -2.54.